The van der Waals surface area contributed by atoms with Gasteiger partial charge in [-0.05, 0) is 81.2 Å². The Hall–Kier alpha value is -1.92. The molecule has 0 aromatic heterocycles. The van der Waals surface area contributed by atoms with Crippen molar-refractivity contribution in [1.82, 2.24) is 0 Å². The number of allylic oxidation sites excluding steroid dienone is 2. The summed E-state index contributed by atoms with van der Waals surface area (Å²) in [6.45, 7) is 8.81. The zero-order valence-electron chi connectivity index (χ0n) is 27.0. The van der Waals surface area contributed by atoms with Crippen molar-refractivity contribution in [1.29, 1.82) is 0 Å². The van der Waals surface area contributed by atoms with Crippen molar-refractivity contribution >= 4 is 29.5 Å². The van der Waals surface area contributed by atoms with Crippen molar-refractivity contribution in [2.75, 3.05) is 0 Å². The van der Waals surface area contributed by atoms with Crippen LogP contribution in [0.3, 0.4) is 0 Å². The second-order valence-corrected chi connectivity index (χ2v) is 12.7. The maximum atomic E-state index is 12.4. The van der Waals surface area contributed by atoms with Crippen LogP contribution in [-0.2, 0) is 19.1 Å². The van der Waals surface area contributed by atoms with Crippen LogP contribution >= 0.6 is 11.6 Å². The molecular formula is C33H46ClNaO10. The minimum Gasteiger partial charge on any atom is -0.550 e. The third-order valence-electron chi connectivity index (χ3n) is 8.14. The fraction of sp³-hybridized carbons (Fsp3) is 0.606. The van der Waals surface area contributed by atoms with Crippen molar-refractivity contribution in [2.24, 2.45) is 23.7 Å². The van der Waals surface area contributed by atoms with Crippen LogP contribution in [0.5, 0.6) is 5.75 Å². The van der Waals surface area contributed by atoms with E-state index in [1.54, 1.807) is 24.3 Å². The Morgan fingerprint density at radius 1 is 1.13 bits per heavy atom. The summed E-state index contributed by atoms with van der Waals surface area (Å²) in [6, 6.07) is 6.56. The average Bonchev–Trinajstić information content (AvgIpc) is 2.93. The number of fused-ring (bicyclic) bond motifs is 1. The van der Waals surface area contributed by atoms with Crippen molar-refractivity contribution in [3.05, 3.63) is 53.1 Å². The molecule has 0 amide bonds. The first-order chi connectivity index (χ1) is 20.5. The summed E-state index contributed by atoms with van der Waals surface area (Å²) in [5.74, 6) is -2.12. The minimum atomic E-state index is -1.35. The quantitative estimate of drug-likeness (QED) is 0.174. The van der Waals surface area contributed by atoms with Crippen molar-refractivity contribution < 1.29 is 78.9 Å². The summed E-state index contributed by atoms with van der Waals surface area (Å²) in [5, 5.41) is 50.2. The van der Waals surface area contributed by atoms with Gasteiger partial charge in [-0.25, -0.2) is 4.79 Å². The maximum Gasteiger partial charge on any atom is 1.00 e. The molecule has 1 aromatic carbocycles. The number of hydrogen-bond donors (Lipinski definition) is 4. The van der Waals surface area contributed by atoms with Crippen LogP contribution in [0.15, 0.2) is 48.1 Å². The first-order valence-electron chi connectivity index (χ1n) is 15.1. The smallest absolute Gasteiger partial charge is 0.550 e. The van der Waals surface area contributed by atoms with E-state index in [0.717, 1.165) is 5.57 Å². The van der Waals surface area contributed by atoms with Crippen LogP contribution in [0, 0.1) is 23.7 Å². The van der Waals surface area contributed by atoms with E-state index in [4.69, 9.17) is 26.2 Å². The molecule has 0 saturated carbocycles. The molecule has 0 spiro atoms. The van der Waals surface area contributed by atoms with E-state index in [-0.39, 0.29) is 65.6 Å². The van der Waals surface area contributed by atoms with E-state index in [1.807, 2.05) is 26.0 Å². The molecular weight excluding hydrogens is 615 g/mol. The van der Waals surface area contributed by atoms with E-state index in [2.05, 4.69) is 13.0 Å². The molecule has 0 aliphatic heterocycles. The van der Waals surface area contributed by atoms with Crippen LogP contribution in [0.2, 0.25) is 5.02 Å². The Morgan fingerprint density at radius 3 is 2.31 bits per heavy atom. The normalized spacial score (nSPS) is 24.3. The van der Waals surface area contributed by atoms with Crippen molar-refractivity contribution in [3.8, 4) is 5.75 Å². The molecule has 12 heteroatoms. The van der Waals surface area contributed by atoms with Crippen LogP contribution in [0.4, 0.5) is 0 Å². The Bertz CT molecular complexity index is 1170. The molecule has 8 atom stereocenters. The predicted molar refractivity (Wildman–Crippen MR) is 163 cm³/mol. The van der Waals surface area contributed by atoms with E-state index in [1.165, 1.54) is 13.8 Å². The molecule has 246 valence electrons. The minimum absolute atomic E-state index is 0. The molecule has 0 saturated heterocycles. The van der Waals surface area contributed by atoms with Gasteiger partial charge in [-0.2, -0.15) is 0 Å². The monoisotopic (exact) mass is 660 g/mol. The number of carbonyl (C=O) groups excluding carboxylic acids is 2. The van der Waals surface area contributed by atoms with E-state index >= 15 is 0 Å². The number of halogens is 1. The van der Waals surface area contributed by atoms with Crippen molar-refractivity contribution in [2.45, 2.75) is 103 Å². The molecule has 4 N–H and O–H groups in total. The number of hydrogen-bond acceptors (Lipinski definition) is 9. The summed E-state index contributed by atoms with van der Waals surface area (Å²) in [6.07, 6.45) is 4.31. The topological polar surface area (TPSA) is 174 Å². The number of carboxylic acids is 2. The zero-order chi connectivity index (χ0) is 33.2. The second kappa shape index (κ2) is 19.0. The number of esters is 1. The van der Waals surface area contributed by atoms with Gasteiger partial charge in [0, 0.05) is 29.8 Å². The van der Waals surface area contributed by atoms with Crippen LogP contribution in [0.25, 0.3) is 0 Å². The number of benzene rings is 1. The standard InChI is InChI=1S/C23H36O7.C10H11ClO3.Na/c1-4-13(2)23(29)30-20-11-17(25)9-15-6-5-14(3)19(22(15)20)8-7-16(24)10-18(26)12-21(27)28;1-10(2,9(12)13)14-8-5-3-7(11)4-6-8;/h5-6,9,13-14,16-20,22,24-26H,4,7-8,10-12H2,1-3H3,(H,27,28);3-6H,1-2H3,(H,12,13);/q;;+1/p-1/t13-,14-,16+,17+,18+,19-,20-,22-;;/m0../s1. The predicted octanol–water partition coefficient (Wildman–Crippen LogP) is 0.692. The van der Waals surface area contributed by atoms with Gasteiger partial charge in [0.05, 0.1) is 24.2 Å². The SMILES string of the molecule is CC(C)(Oc1ccc(Cl)cc1)C(=O)O.CC[C@H](C)C(=O)O[C@H]1C[C@H](O)C=C2C=C[C@H](C)[C@H](CC[C@@H](O)C[C@@H](O)CC(=O)[O-])[C@H]21.[Na+]. The molecule has 0 bridgehead atoms. The molecule has 10 nitrogen and oxygen atoms in total. The third kappa shape index (κ3) is 13.4. The Kier molecular flexibility index (Phi) is 17.4. The molecule has 0 radical (unpaired) electrons. The Morgan fingerprint density at radius 2 is 1.76 bits per heavy atom. The van der Waals surface area contributed by atoms with Crippen LogP contribution in [-0.4, -0.2) is 68.4 Å². The van der Waals surface area contributed by atoms with Gasteiger partial charge in [-0.3, -0.25) is 4.79 Å². The van der Waals surface area contributed by atoms with Crippen LogP contribution in [0.1, 0.15) is 73.1 Å². The van der Waals surface area contributed by atoms with Gasteiger partial charge in [0.25, 0.3) is 0 Å². The molecule has 0 unspecified atom stereocenters. The summed E-state index contributed by atoms with van der Waals surface area (Å²) < 4.78 is 11.1. The molecule has 0 heterocycles. The van der Waals surface area contributed by atoms with Gasteiger partial charge in [-0.1, -0.05) is 50.6 Å². The van der Waals surface area contributed by atoms with E-state index in [0.29, 0.717) is 36.5 Å². The number of aliphatic carboxylic acids is 2. The maximum absolute atomic E-state index is 12.4. The third-order valence-corrected chi connectivity index (χ3v) is 8.39. The first-order valence-corrected chi connectivity index (χ1v) is 15.4. The molecule has 2 aliphatic rings. The first kappa shape index (κ1) is 41.1. The largest absolute Gasteiger partial charge is 1.00 e. The van der Waals surface area contributed by atoms with Gasteiger partial charge in [0.2, 0.25) is 0 Å². The molecule has 3 rings (SSSR count). The summed E-state index contributed by atoms with van der Waals surface area (Å²) in [5.41, 5.74) is -0.279. The van der Waals surface area contributed by atoms with E-state index in [9.17, 15) is 34.8 Å². The van der Waals surface area contributed by atoms with Gasteiger partial charge in [0.1, 0.15) is 11.9 Å². The molecule has 2 aliphatic carbocycles. The number of aliphatic hydroxyl groups is 3. The van der Waals surface area contributed by atoms with Gasteiger partial charge >= 0.3 is 41.5 Å². The fourth-order valence-electron chi connectivity index (χ4n) is 5.35. The second-order valence-electron chi connectivity index (χ2n) is 12.2. The zero-order valence-corrected chi connectivity index (χ0v) is 29.8. The van der Waals surface area contributed by atoms with Gasteiger partial charge in [-0.15, -0.1) is 0 Å². The number of carbonyl (C=O) groups is 3. The number of rotatable bonds is 13. The molecule has 45 heavy (non-hydrogen) atoms. The summed E-state index contributed by atoms with van der Waals surface area (Å²) in [7, 11) is 0. The van der Waals surface area contributed by atoms with Gasteiger partial charge < -0.3 is 39.8 Å². The fourth-order valence-corrected chi connectivity index (χ4v) is 5.48. The van der Waals surface area contributed by atoms with Gasteiger partial charge in [0.15, 0.2) is 5.60 Å². The number of carboxylic acid groups (broad SMARTS) is 2. The number of ether oxygens (including phenoxy) is 2. The summed E-state index contributed by atoms with van der Waals surface area (Å²) in [4.78, 5) is 33.8. The molecule has 0 fully saturated rings. The summed E-state index contributed by atoms with van der Waals surface area (Å²) >= 11 is 5.67. The average molecular weight is 661 g/mol. The molecule has 1 aromatic rings. The van der Waals surface area contributed by atoms with E-state index < -0.39 is 48.4 Å². The van der Waals surface area contributed by atoms with Crippen molar-refractivity contribution in [3.63, 3.8) is 0 Å². The number of aliphatic hydroxyl groups excluding tert-OH is 3. The Labute approximate surface area is 292 Å². The Balaban J connectivity index is 0.000000567. The van der Waals surface area contributed by atoms with Crippen LogP contribution < -0.4 is 39.4 Å².